The smallest absolute Gasteiger partial charge is 0.237 e. The Morgan fingerprint density at radius 3 is 2.53 bits per heavy atom. The first-order valence-corrected chi connectivity index (χ1v) is 6.97. The molecule has 0 amide bonds. The Morgan fingerprint density at radius 2 is 1.79 bits per heavy atom. The molecule has 96 valence electrons. The number of benzene rings is 1. The molecule has 0 aliphatic rings. The number of nitrogens with zero attached hydrogens (tertiary/aromatic N) is 2. The fourth-order valence-corrected chi connectivity index (χ4v) is 3.20. The molecule has 0 saturated heterocycles. The van der Waals surface area contributed by atoms with Crippen molar-refractivity contribution in [2.45, 2.75) is 4.90 Å². The third-order valence-electron chi connectivity index (χ3n) is 2.80. The number of hydrogen-bond acceptors (Lipinski definition) is 3. The van der Waals surface area contributed by atoms with Crippen molar-refractivity contribution in [3.05, 3.63) is 60.7 Å². The molecule has 1 aromatic carbocycles. The van der Waals surface area contributed by atoms with Crippen molar-refractivity contribution in [3.63, 3.8) is 0 Å². The lowest BCUT2D eigenvalue weighted by Crippen LogP contribution is -2.12. The lowest BCUT2D eigenvalue weighted by atomic mass is 10.3. The Labute approximate surface area is 109 Å². The molecule has 4 nitrogen and oxygen atoms in total. The van der Waals surface area contributed by atoms with Crippen molar-refractivity contribution in [1.82, 2.24) is 8.96 Å². The van der Waals surface area contributed by atoms with Crippen molar-refractivity contribution in [2.24, 2.45) is 0 Å². The molecule has 0 aliphatic carbocycles. The zero-order valence-corrected chi connectivity index (χ0v) is 10.5. The lowest BCUT2D eigenvalue weighted by molar-refractivity contribution is 0.588. The largest absolute Gasteiger partial charge is 0.269 e. The monoisotopic (exact) mass is 276 g/mol. The zero-order valence-electron chi connectivity index (χ0n) is 9.69. The van der Waals surface area contributed by atoms with E-state index in [1.165, 1.54) is 36.7 Å². The van der Waals surface area contributed by atoms with Crippen molar-refractivity contribution in [3.8, 4) is 0 Å². The second-order valence-corrected chi connectivity index (χ2v) is 5.77. The highest BCUT2D eigenvalue weighted by Crippen LogP contribution is 2.22. The SMILES string of the molecule is O=S(=O)(c1ccccc1)n1ccc2c(F)ccnc21. The van der Waals surface area contributed by atoms with E-state index in [9.17, 15) is 12.8 Å². The van der Waals surface area contributed by atoms with Crippen LogP contribution in [0.15, 0.2) is 59.8 Å². The number of halogens is 1. The topological polar surface area (TPSA) is 52.0 Å². The second kappa shape index (κ2) is 4.17. The van der Waals surface area contributed by atoms with Gasteiger partial charge in [-0.15, -0.1) is 0 Å². The van der Waals surface area contributed by atoms with Gasteiger partial charge in [0.15, 0.2) is 5.65 Å². The Balaban J connectivity index is 2.29. The predicted molar refractivity (Wildman–Crippen MR) is 68.7 cm³/mol. The van der Waals surface area contributed by atoms with Gasteiger partial charge >= 0.3 is 0 Å². The molecule has 19 heavy (non-hydrogen) atoms. The average molecular weight is 276 g/mol. The Bertz CT molecular complexity index is 841. The van der Waals surface area contributed by atoms with E-state index in [1.54, 1.807) is 18.2 Å². The van der Waals surface area contributed by atoms with Gasteiger partial charge in [-0.1, -0.05) is 18.2 Å². The molecule has 2 heterocycles. The first-order valence-electron chi connectivity index (χ1n) is 5.53. The first-order chi connectivity index (χ1) is 9.10. The van der Waals surface area contributed by atoms with Gasteiger partial charge in [-0.2, -0.15) is 0 Å². The third kappa shape index (κ3) is 1.80. The number of fused-ring (bicyclic) bond motifs is 1. The molecule has 0 saturated carbocycles. The van der Waals surface area contributed by atoms with Crippen molar-refractivity contribution in [2.75, 3.05) is 0 Å². The van der Waals surface area contributed by atoms with E-state index >= 15 is 0 Å². The highest BCUT2D eigenvalue weighted by molar-refractivity contribution is 7.90. The maximum atomic E-state index is 13.5. The van der Waals surface area contributed by atoms with Crippen LogP contribution in [0.1, 0.15) is 0 Å². The van der Waals surface area contributed by atoms with E-state index in [4.69, 9.17) is 0 Å². The summed E-state index contributed by atoms with van der Waals surface area (Å²) in [6.07, 6.45) is 2.55. The van der Waals surface area contributed by atoms with Gasteiger partial charge < -0.3 is 0 Å². The molecule has 6 heteroatoms. The predicted octanol–water partition coefficient (Wildman–Crippen LogP) is 2.41. The van der Waals surface area contributed by atoms with Crippen LogP contribution in [0.3, 0.4) is 0 Å². The van der Waals surface area contributed by atoms with Gasteiger partial charge in [0.2, 0.25) is 0 Å². The van der Waals surface area contributed by atoms with Gasteiger partial charge in [-0.3, -0.25) is 0 Å². The van der Waals surface area contributed by atoms with Gasteiger partial charge in [0.1, 0.15) is 5.82 Å². The summed E-state index contributed by atoms with van der Waals surface area (Å²) in [5.41, 5.74) is 0.0869. The van der Waals surface area contributed by atoms with E-state index in [1.807, 2.05) is 0 Å². The average Bonchev–Trinajstić information content (AvgIpc) is 2.86. The molecular formula is C13H9FN2O2S. The summed E-state index contributed by atoms with van der Waals surface area (Å²) in [7, 11) is -3.75. The first kappa shape index (κ1) is 11.9. The van der Waals surface area contributed by atoms with E-state index in [2.05, 4.69) is 4.98 Å². The summed E-state index contributed by atoms with van der Waals surface area (Å²) < 4.78 is 39.4. The standard InChI is InChI=1S/C13H9FN2O2S/c14-12-6-8-15-13-11(12)7-9-16(13)19(17,18)10-4-2-1-3-5-10/h1-9H. The number of hydrogen-bond donors (Lipinski definition) is 0. The van der Waals surface area contributed by atoms with Gasteiger partial charge in [0.05, 0.1) is 10.3 Å². The Morgan fingerprint density at radius 1 is 1.05 bits per heavy atom. The minimum absolute atomic E-state index is 0.0869. The molecule has 3 rings (SSSR count). The summed E-state index contributed by atoms with van der Waals surface area (Å²) in [5, 5.41) is 0.182. The van der Waals surface area contributed by atoms with Crippen LogP contribution in [0.25, 0.3) is 11.0 Å². The molecule has 0 atom stereocenters. The van der Waals surface area contributed by atoms with Crippen LogP contribution >= 0.6 is 0 Å². The zero-order chi connectivity index (χ0) is 13.5. The van der Waals surface area contributed by atoms with Crippen LogP contribution < -0.4 is 0 Å². The van der Waals surface area contributed by atoms with Crippen LogP contribution in [0.5, 0.6) is 0 Å². The van der Waals surface area contributed by atoms with Crippen LogP contribution in [0, 0.1) is 5.82 Å². The highest BCUT2D eigenvalue weighted by atomic mass is 32.2. The van der Waals surface area contributed by atoms with Crippen LogP contribution in [0.4, 0.5) is 4.39 Å². The maximum absolute atomic E-state index is 13.5. The summed E-state index contributed by atoms with van der Waals surface area (Å²) in [5.74, 6) is -0.494. The Kier molecular flexibility index (Phi) is 2.60. The van der Waals surface area contributed by atoms with Crippen molar-refractivity contribution < 1.29 is 12.8 Å². The molecule has 0 aliphatic heterocycles. The quantitative estimate of drug-likeness (QED) is 0.722. The number of aromatic nitrogens is 2. The summed E-state index contributed by atoms with van der Waals surface area (Å²) in [6.45, 7) is 0. The van der Waals surface area contributed by atoms with E-state index < -0.39 is 15.8 Å². The van der Waals surface area contributed by atoms with Gasteiger partial charge in [0, 0.05) is 12.4 Å². The van der Waals surface area contributed by atoms with Crippen molar-refractivity contribution >= 4 is 21.1 Å². The van der Waals surface area contributed by atoms with E-state index in [-0.39, 0.29) is 15.9 Å². The summed E-state index contributed by atoms with van der Waals surface area (Å²) in [6, 6.07) is 10.6. The Hall–Kier alpha value is -2.21. The molecule has 2 aromatic heterocycles. The molecule has 0 fully saturated rings. The molecule has 0 radical (unpaired) electrons. The van der Waals surface area contributed by atoms with Gasteiger partial charge in [-0.25, -0.2) is 21.8 Å². The van der Waals surface area contributed by atoms with Gasteiger partial charge in [-0.05, 0) is 24.3 Å². The lowest BCUT2D eigenvalue weighted by Gasteiger charge is -2.06. The summed E-state index contributed by atoms with van der Waals surface area (Å²) in [4.78, 5) is 4.08. The third-order valence-corrected chi connectivity index (χ3v) is 4.48. The normalized spacial score (nSPS) is 11.8. The van der Waals surface area contributed by atoms with Crippen LogP contribution in [-0.4, -0.2) is 17.4 Å². The molecule has 0 unspecified atom stereocenters. The molecule has 3 aromatic rings. The molecular weight excluding hydrogens is 267 g/mol. The summed E-state index contributed by atoms with van der Waals surface area (Å²) >= 11 is 0. The minimum Gasteiger partial charge on any atom is -0.237 e. The van der Waals surface area contributed by atoms with Crippen molar-refractivity contribution in [1.29, 1.82) is 0 Å². The molecule has 0 bridgehead atoms. The van der Waals surface area contributed by atoms with E-state index in [0.717, 1.165) is 3.97 Å². The fourth-order valence-electron chi connectivity index (χ4n) is 1.88. The van der Waals surface area contributed by atoms with Crippen LogP contribution in [0.2, 0.25) is 0 Å². The van der Waals surface area contributed by atoms with Gasteiger partial charge in [0.25, 0.3) is 10.0 Å². The maximum Gasteiger partial charge on any atom is 0.269 e. The molecule has 0 spiro atoms. The highest BCUT2D eigenvalue weighted by Gasteiger charge is 2.20. The number of pyridine rings is 1. The minimum atomic E-state index is -3.75. The van der Waals surface area contributed by atoms with E-state index in [0.29, 0.717) is 0 Å². The molecule has 0 N–H and O–H groups in total. The fraction of sp³-hybridized carbons (Fsp3) is 0. The number of rotatable bonds is 2. The van der Waals surface area contributed by atoms with Crippen LogP contribution in [-0.2, 0) is 10.0 Å². The second-order valence-electron chi connectivity index (χ2n) is 3.96.